The molecule has 21 heavy (non-hydrogen) atoms. The third kappa shape index (κ3) is 3.00. The fourth-order valence-electron chi connectivity index (χ4n) is 2.77. The molecule has 1 aliphatic heterocycles. The lowest BCUT2D eigenvalue weighted by atomic mass is 10.1. The maximum Gasteiger partial charge on any atom is 0.124 e. The fraction of sp³-hybridized carbons (Fsp3) is 0.294. The number of anilines is 1. The first-order valence-corrected chi connectivity index (χ1v) is 7.14. The zero-order valence-electron chi connectivity index (χ0n) is 12.1. The molecular weight excluding hydrogens is 267 g/mol. The smallest absolute Gasteiger partial charge is 0.124 e. The average molecular weight is 286 g/mol. The van der Waals surface area contributed by atoms with Crippen LogP contribution in [0.25, 0.3) is 0 Å². The number of methoxy groups -OCH3 is 1. The number of para-hydroxylation sites is 1. The molecular formula is C17H19FN2O. The van der Waals surface area contributed by atoms with Crippen LogP contribution in [0.5, 0.6) is 5.75 Å². The van der Waals surface area contributed by atoms with Crippen LogP contribution in [0.4, 0.5) is 10.1 Å². The van der Waals surface area contributed by atoms with Crippen LogP contribution in [-0.4, -0.2) is 20.2 Å². The van der Waals surface area contributed by atoms with Gasteiger partial charge in [0.25, 0.3) is 0 Å². The van der Waals surface area contributed by atoms with Gasteiger partial charge >= 0.3 is 0 Å². The quantitative estimate of drug-likeness (QED) is 0.939. The van der Waals surface area contributed by atoms with E-state index < -0.39 is 0 Å². The van der Waals surface area contributed by atoms with Gasteiger partial charge < -0.3 is 15.0 Å². The van der Waals surface area contributed by atoms with Crippen molar-refractivity contribution in [3.05, 3.63) is 59.4 Å². The zero-order chi connectivity index (χ0) is 14.7. The first-order valence-electron chi connectivity index (χ1n) is 7.14. The van der Waals surface area contributed by atoms with Crippen LogP contribution in [0.1, 0.15) is 11.1 Å². The molecule has 0 unspecified atom stereocenters. The Morgan fingerprint density at radius 2 is 2.10 bits per heavy atom. The van der Waals surface area contributed by atoms with E-state index in [9.17, 15) is 4.39 Å². The number of hydrogen-bond donors (Lipinski definition) is 1. The molecule has 110 valence electrons. The number of nitrogens with one attached hydrogen (secondary N) is 1. The molecule has 3 nitrogen and oxygen atoms in total. The summed E-state index contributed by atoms with van der Waals surface area (Å²) < 4.78 is 18.9. The van der Waals surface area contributed by atoms with Gasteiger partial charge in [-0.2, -0.15) is 0 Å². The Morgan fingerprint density at radius 1 is 1.24 bits per heavy atom. The van der Waals surface area contributed by atoms with Gasteiger partial charge in [-0.15, -0.1) is 0 Å². The molecule has 0 bridgehead atoms. The molecule has 2 aromatic carbocycles. The van der Waals surface area contributed by atoms with Crippen molar-refractivity contribution >= 4 is 5.69 Å². The lowest BCUT2D eigenvalue weighted by Gasteiger charge is -2.25. The highest BCUT2D eigenvalue weighted by Gasteiger charge is 2.16. The molecule has 0 aliphatic carbocycles. The second-order valence-corrected chi connectivity index (χ2v) is 5.18. The zero-order valence-corrected chi connectivity index (χ0v) is 12.1. The Hall–Kier alpha value is -2.07. The van der Waals surface area contributed by atoms with E-state index in [1.807, 2.05) is 12.1 Å². The van der Waals surface area contributed by atoms with E-state index in [4.69, 9.17) is 4.74 Å². The minimum absolute atomic E-state index is 0.230. The van der Waals surface area contributed by atoms with E-state index in [0.29, 0.717) is 6.54 Å². The highest BCUT2D eigenvalue weighted by Crippen LogP contribution is 2.27. The van der Waals surface area contributed by atoms with E-state index in [-0.39, 0.29) is 5.82 Å². The molecule has 1 heterocycles. The topological polar surface area (TPSA) is 24.5 Å². The molecule has 2 aromatic rings. The molecule has 0 saturated heterocycles. The number of nitrogens with zero attached hydrogens (tertiary/aromatic N) is 1. The lowest BCUT2D eigenvalue weighted by molar-refractivity contribution is 0.408. The van der Waals surface area contributed by atoms with Crippen LogP contribution in [-0.2, 0) is 13.1 Å². The van der Waals surface area contributed by atoms with Gasteiger partial charge in [0.05, 0.1) is 7.11 Å². The molecule has 0 fully saturated rings. The predicted octanol–water partition coefficient (Wildman–Crippen LogP) is 2.94. The fourth-order valence-corrected chi connectivity index (χ4v) is 2.77. The molecule has 0 aromatic heterocycles. The predicted molar refractivity (Wildman–Crippen MR) is 82.2 cm³/mol. The van der Waals surface area contributed by atoms with Crippen LogP contribution < -0.4 is 15.0 Å². The summed E-state index contributed by atoms with van der Waals surface area (Å²) in [7, 11) is 1.62. The van der Waals surface area contributed by atoms with E-state index in [2.05, 4.69) is 22.3 Å². The van der Waals surface area contributed by atoms with Gasteiger partial charge in [-0.25, -0.2) is 4.39 Å². The van der Waals surface area contributed by atoms with E-state index in [1.54, 1.807) is 19.2 Å². The second-order valence-electron chi connectivity index (χ2n) is 5.18. The maximum atomic E-state index is 13.5. The summed E-state index contributed by atoms with van der Waals surface area (Å²) in [6.07, 6.45) is 0. The van der Waals surface area contributed by atoms with Crippen molar-refractivity contribution in [3.63, 3.8) is 0 Å². The van der Waals surface area contributed by atoms with Crippen LogP contribution >= 0.6 is 0 Å². The number of hydrogen-bond acceptors (Lipinski definition) is 3. The van der Waals surface area contributed by atoms with Gasteiger partial charge in [-0.1, -0.05) is 18.2 Å². The summed E-state index contributed by atoms with van der Waals surface area (Å²) in [5.41, 5.74) is 3.34. The van der Waals surface area contributed by atoms with E-state index in [0.717, 1.165) is 30.9 Å². The Balaban J connectivity index is 1.93. The highest BCUT2D eigenvalue weighted by molar-refractivity contribution is 5.55. The SMILES string of the molecule is COc1ccc(F)cc1CN1CCNCc2ccccc21. The summed E-state index contributed by atoms with van der Waals surface area (Å²) in [5, 5.41) is 3.41. The van der Waals surface area contributed by atoms with Crippen LogP contribution in [0.15, 0.2) is 42.5 Å². The molecule has 0 radical (unpaired) electrons. The second kappa shape index (κ2) is 6.14. The normalized spacial score (nSPS) is 14.5. The number of benzene rings is 2. The van der Waals surface area contributed by atoms with Crippen molar-refractivity contribution in [2.45, 2.75) is 13.1 Å². The maximum absolute atomic E-state index is 13.5. The summed E-state index contributed by atoms with van der Waals surface area (Å²) in [6, 6.07) is 13.0. The van der Waals surface area contributed by atoms with Crippen molar-refractivity contribution in [3.8, 4) is 5.75 Å². The molecule has 0 spiro atoms. The highest BCUT2D eigenvalue weighted by atomic mass is 19.1. The summed E-state index contributed by atoms with van der Waals surface area (Å²) in [5.74, 6) is 0.498. The Morgan fingerprint density at radius 3 is 2.95 bits per heavy atom. The first kappa shape index (κ1) is 13.9. The van der Waals surface area contributed by atoms with Crippen molar-refractivity contribution in [1.29, 1.82) is 0 Å². The average Bonchev–Trinajstić information content (AvgIpc) is 2.70. The molecule has 3 rings (SSSR count). The number of rotatable bonds is 3. The Kier molecular flexibility index (Phi) is 4.06. The first-order chi connectivity index (χ1) is 10.3. The molecule has 0 saturated carbocycles. The van der Waals surface area contributed by atoms with Crippen molar-refractivity contribution < 1.29 is 9.13 Å². The third-order valence-corrected chi connectivity index (χ3v) is 3.81. The number of halogens is 1. The van der Waals surface area contributed by atoms with Gasteiger partial charge in [0.15, 0.2) is 0 Å². The standard InChI is InChI=1S/C17H19FN2O/c1-21-17-7-6-15(18)10-14(17)12-20-9-8-19-11-13-4-2-3-5-16(13)20/h2-7,10,19H,8-9,11-12H2,1H3. The van der Waals surface area contributed by atoms with Crippen molar-refractivity contribution in [2.24, 2.45) is 0 Å². The summed E-state index contributed by atoms with van der Waals surface area (Å²) in [6.45, 7) is 3.30. The molecule has 4 heteroatoms. The summed E-state index contributed by atoms with van der Waals surface area (Å²) in [4.78, 5) is 2.27. The molecule has 0 atom stereocenters. The minimum atomic E-state index is -0.230. The van der Waals surface area contributed by atoms with E-state index >= 15 is 0 Å². The van der Waals surface area contributed by atoms with Gasteiger partial charge in [0.1, 0.15) is 11.6 Å². The van der Waals surface area contributed by atoms with Crippen molar-refractivity contribution in [1.82, 2.24) is 5.32 Å². The molecule has 0 amide bonds. The molecule has 1 aliphatic rings. The van der Waals surface area contributed by atoms with Gasteiger partial charge in [-0.05, 0) is 29.8 Å². The van der Waals surface area contributed by atoms with Crippen molar-refractivity contribution in [2.75, 3.05) is 25.1 Å². The van der Waals surface area contributed by atoms with Crippen LogP contribution in [0.3, 0.4) is 0 Å². The van der Waals surface area contributed by atoms with Gasteiger partial charge in [-0.3, -0.25) is 0 Å². The van der Waals surface area contributed by atoms with Crippen LogP contribution in [0.2, 0.25) is 0 Å². The number of fused-ring (bicyclic) bond motifs is 1. The lowest BCUT2D eigenvalue weighted by Crippen LogP contribution is -2.28. The molecule has 1 N–H and O–H groups in total. The van der Waals surface area contributed by atoms with E-state index in [1.165, 1.54) is 17.3 Å². The van der Waals surface area contributed by atoms with Crippen LogP contribution in [0, 0.1) is 5.82 Å². The monoisotopic (exact) mass is 286 g/mol. The summed E-state index contributed by atoms with van der Waals surface area (Å²) >= 11 is 0. The van der Waals surface area contributed by atoms with Gasteiger partial charge in [0.2, 0.25) is 0 Å². The third-order valence-electron chi connectivity index (χ3n) is 3.81. The number of ether oxygens (including phenoxy) is 1. The minimum Gasteiger partial charge on any atom is -0.496 e. The Bertz CT molecular complexity index is 630. The van der Waals surface area contributed by atoms with Gasteiger partial charge in [0, 0.05) is 37.4 Å². The Labute approximate surface area is 124 Å². The largest absolute Gasteiger partial charge is 0.496 e.